The van der Waals surface area contributed by atoms with Crippen LogP contribution in [-0.4, -0.2) is 11.8 Å². The first-order valence-electron chi connectivity index (χ1n) is 5.67. The van der Waals surface area contributed by atoms with Crippen LogP contribution in [0.4, 0.5) is 0 Å². The molecule has 1 aromatic carbocycles. The molecule has 2 N–H and O–H groups in total. The van der Waals surface area contributed by atoms with E-state index >= 15 is 0 Å². The highest BCUT2D eigenvalue weighted by molar-refractivity contribution is 14.1. The van der Waals surface area contributed by atoms with Crippen molar-refractivity contribution in [2.45, 2.75) is 31.7 Å². The second-order valence-corrected chi connectivity index (χ2v) is 5.79. The molecule has 1 saturated carbocycles. The van der Waals surface area contributed by atoms with E-state index in [-0.39, 0.29) is 11.8 Å². The van der Waals surface area contributed by atoms with Gasteiger partial charge < -0.3 is 5.73 Å². The van der Waals surface area contributed by atoms with Gasteiger partial charge in [0.1, 0.15) is 5.78 Å². The summed E-state index contributed by atoms with van der Waals surface area (Å²) in [6, 6.07) is 8.19. The first kappa shape index (κ1) is 12.0. The van der Waals surface area contributed by atoms with Crippen molar-refractivity contribution >= 4 is 28.4 Å². The predicted molar refractivity (Wildman–Crippen MR) is 73.2 cm³/mol. The third-order valence-corrected chi connectivity index (χ3v) is 3.72. The lowest BCUT2D eigenvalue weighted by molar-refractivity contribution is -0.118. The zero-order valence-electron chi connectivity index (χ0n) is 9.16. The van der Waals surface area contributed by atoms with E-state index in [0.29, 0.717) is 18.8 Å². The second kappa shape index (κ2) is 5.27. The number of Topliss-reactive ketones (excluding diaryl/α,β-unsaturated/α-hetero) is 1. The summed E-state index contributed by atoms with van der Waals surface area (Å²) in [6.45, 7) is 0. The van der Waals surface area contributed by atoms with Crippen LogP contribution in [0.15, 0.2) is 24.3 Å². The lowest BCUT2D eigenvalue weighted by atomic mass is 10.0. The molecule has 0 aromatic heterocycles. The predicted octanol–water partition coefficient (Wildman–Crippen LogP) is 2.53. The number of benzene rings is 1. The third kappa shape index (κ3) is 3.56. The minimum atomic E-state index is 0.0938. The van der Waals surface area contributed by atoms with Crippen molar-refractivity contribution in [3.8, 4) is 0 Å². The van der Waals surface area contributed by atoms with Crippen molar-refractivity contribution in [2.24, 2.45) is 11.7 Å². The first-order chi connectivity index (χ1) is 7.65. The molecule has 1 aliphatic carbocycles. The number of carbonyl (C=O) groups is 1. The summed E-state index contributed by atoms with van der Waals surface area (Å²) in [7, 11) is 0. The smallest absolute Gasteiger partial charge is 0.138 e. The zero-order chi connectivity index (χ0) is 11.5. The van der Waals surface area contributed by atoms with Crippen molar-refractivity contribution in [3.63, 3.8) is 0 Å². The number of ketones is 1. The topological polar surface area (TPSA) is 43.1 Å². The third-order valence-electron chi connectivity index (χ3n) is 3.01. The number of hydrogen-bond acceptors (Lipinski definition) is 2. The van der Waals surface area contributed by atoms with Gasteiger partial charge in [-0.15, -0.1) is 0 Å². The van der Waals surface area contributed by atoms with E-state index in [2.05, 4.69) is 22.6 Å². The van der Waals surface area contributed by atoms with Crippen LogP contribution in [0.1, 0.15) is 24.8 Å². The van der Waals surface area contributed by atoms with E-state index in [0.717, 1.165) is 5.56 Å². The molecule has 0 spiro atoms. The Morgan fingerprint density at radius 2 is 2.00 bits per heavy atom. The summed E-state index contributed by atoms with van der Waals surface area (Å²) in [6.07, 6.45) is 3.48. The number of halogens is 1. The lowest BCUT2D eigenvalue weighted by Gasteiger charge is -2.08. The average molecular weight is 329 g/mol. The van der Waals surface area contributed by atoms with Crippen LogP contribution >= 0.6 is 22.6 Å². The molecule has 1 fully saturated rings. The molecule has 0 heterocycles. The molecule has 1 atom stereocenters. The highest BCUT2D eigenvalue weighted by atomic mass is 127. The SMILES string of the molecule is NC(CC(=O)Cc1ccc(I)cc1)C1CC1. The normalized spacial score (nSPS) is 17.1. The Hall–Kier alpha value is -0.420. The number of rotatable bonds is 5. The van der Waals surface area contributed by atoms with Crippen LogP contribution in [-0.2, 0) is 11.2 Å². The molecule has 1 aliphatic rings. The van der Waals surface area contributed by atoms with Crippen molar-refractivity contribution in [3.05, 3.63) is 33.4 Å². The molecular weight excluding hydrogens is 313 g/mol. The molecule has 16 heavy (non-hydrogen) atoms. The first-order valence-corrected chi connectivity index (χ1v) is 6.75. The molecule has 0 aliphatic heterocycles. The van der Waals surface area contributed by atoms with Gasteiger partial charge in [-0.25, -0.2) is 0 Å². The van der Waals surface area contributed by atoms with Crippen molar-refractivity contribution in [1.29, 1.82) is 0 Å². The summed E-state index contributed by atoms with van der Waals surface area (Å²) in [5, 5.41) is 0. The van der Waals surface area contributed by atoms with Gasteiger partial charge in [-0.05, 0) is 59.0 Å². The van der Waals surface area contributed by atoms with Gasteiger partial charge in [-0.1, -0.05) is 12.1 Å². The largest absolute Gasteiger partial charge is 0.327 e. The highest BCUT2D eigenvalue weighted by Gasteiger charge is 2.29. The van der Waals surface area contributed by atoms with Crippen LogP contribution in [0.5, 0.6) is 0 Å². The summed E-state index contributed by atoms with van der Waals surface area (Å²) in [4.78, 5) is 11.8. The van der Waals surface area contributed by atoms with E-state index < -0.39 is 0 Å². The standard InChI is InChI=1S/C13H16INO/c14-11-5-1-9(2-6-11)7-12(16)8-13(15)10-3-4-10/h1-2,5-6,10,13H,3-4,7-8,15H2. The average Bonchev–Trinajstić information content (AvgIpc) is 3.04. The van der Waals surface area contributed by atoms with Crippen molar-refractivity contribution < 1.29 is 4.79 Å². The van der Waals surface area contributed by atoms with Crippen LogP contribution in [0.25, 0.3) is 0 Å². The van der Waals surface area contributed by atoms with Crippen LogP contribution in [0.2, 0.25) is 0 Å². The summed E-state index contributed by atoms with van der Waals surface area (Å²) in [5.41, 5.74) is 7.03. The number of carbonyl (C=O) groups excluding carboxylic acids is 1. The Balaban J connectivity index is 1.84. The van der Waals surface area contributed by atoms with E-state index in [4.69, 9.17) is 5.73 Å². The Morgan fingerprint density at radius 3 is 2.56 bits per heavy atom. The fraction of sp³-hybridized carbons (Fsp3) is 0.462. The number of nitrogens with two attached hydrogens (primary N) is 1. The van der Waals surface area contributed by atoms with Gasteiger partial charge in [0.15, 0.2) is 0 Å². The van der Waals surface area contributed by atoms with Gasteiger partial charge in [-0.3, -0.25) is 4.79 Å². The minimum Gasteiger partial charge on any atom is -0.327 e. The molecule has 0 radical (unpaired) electrons. The second-order valence-electron chi connectivity index (χ2n) is 4.55. The molecule has 2 nitrogen and oxygen atoms in total. The fourth-order valence-electron chi connectivity index (χ4n) is 1.86. The Morgan fingerprint density at radius 1 is 1.38 bits per heavy atom. The lowest BCUT2D eigenvalue weighted by Crippen LogP contribution is -2.26. The van der Waals surface area contributed by atoms with Crippen LogP contribution in [0, 0.1) is 9.49 Å². The molecule has 0 bridgehead atoms. The Kier molecular flexibility index (Phi) is 3.97. The zero-order valence-corrected chi connectivity index (χ0v) is 11.3. The maximum atomic E-state index is 11.8. The molecule has 2 rings (SSSR count). The molecule has 86 valence electrons. The van der Waals surface area contributed by atoms with Crippen LogP contribution in [0.3, 0.4) is 0 Å². The van der Waals surface area contributed by atoms with E-state index in [1.165, 1.54) is 16.4 Å². The molecule has 0 amide bonds. The van der Waals surface area contributed by atoms with Crippen molar-refractivity contribution in [1.82, 2.24) is 0 Å². The molecular formula is C13H16INO. The van der Waals surface area contributed by atoms with Gasteiger partial charge in [-0.2, -0.15) is 0 Å². The van der Waals surface area contributed by atoms with Crippen LogP contribution < -0.4 is 5.73 Å². The quantitative estimate of drug-likeness (QED) is 0.844. The summed E-state index contributed by atoms with van der Waals surface area (Å²) in [5.74, 6) is 0.876. The summed E-state index contributed by atoms with van der Waals surface area (Å²) < 4.78 is 1.20. The fourth-order valence-corrected chi connectivity index (χ4v) is 2.22. The van der Waals surface area contributed by atoms with Gasteiger partial charge >= 0.3 is 0 Å². The molecule has 1 aromatic rings. The maximum absolute atomic E-state index is 11.8. The van der Waals surface area contributed by atoms with Gasteiger partial charge in [0.25, 0.3) is 0 Å². The van der Waals surface area contributed by atoms with E-state index in [1.807, 2.05) is 24.3 Å². The highest BCUT2D eigenvalue weighted by Crippen LogP contribution is 2.32. The van der Waals surface area contributed by atoms with Gasteiger partial charge in [0.05, 0.1) is 0 Å². The van der Waals surface area contributed by atoms with E-state index in [9.17, 15) is 4.79 Å². The van der Waals surface area contributed by atoms with Gasteiger partial charge in [0, 0.05) is 22.5 Å². The Labute approximate surface area is 110 Å². The minimum absolute atomic E-state index is 0.0938. The molecule has 1 unspecified atom stereocenters. The maximum Gasteiger partial charge on any atom is 0.138 e. The summed E-state index contributed by atoms with van der Waals surface area (Å²) >= 11 is 2.26. The van der Waals surface area contributed by atoms with Gasteiger partial charge in [0.2, 0.25) is 0 Å². The van der Waals surface area contributed by atoms with Crippen molar-refractivity contribution in [2.75, 3.05) is 0 Å². The Bertz CT molecular complexity index is 370. The van der Waals surface area contributed by atoms with E-state index in [1.54, 1.807) is 0 Å². The monoisotopic (exact) mass is 329 g/mol. The molecule has 3 heteroatoms. The molecule has 0 saturated heterocycles. The number of hydrogen-bond donors (Lipinski definition) is 1.